The zero-order chi connectivity index (χ0) is 19.3. The highest BCUT2D eigenvalue weighted by Crippen LogP contribution is 2.26. The average Bonchev–Trinajstić information content (AvgIpc) is 3.02. The van der Waals surface area contributed by atoms with Gasteiger partial charge >= 0.3 is 0 Å². The third-order valence-electron chi connectivity index (χ3n) is 4.54. The van der Waals surface area contributed by atoms with E-state index >= 15 is 0 Å². The molecule has 0 unspecified atom stereocenters. The molecule has 1 amide bonds. The SMILES string of the molecule is CCn1c(SCC(=O)N[C@](C)(C#N)C(C)C)nnc1-c1ccccc1C. The molecule has 2 rings (SSSR count). The quantitative estimate of drug-likeness (QED) is 0.754. The lowest BCUT2D eigenvalue weighted by Gasteiger charge is -2.27. The van der Waals surface area contributed by atoms with Crippen molar-refractivity contribution in [3.05, 3.63) is 29.8 Å². The summed E-state index contributed by atoms with van der Waals surface area (Å²) in [6, 6.07) is 10.2. The van der Waals surface area contributed by atoms with Gasteiger partial charge in [-0.2, -0.15) is 5.26 Å². The van der Waals surface area contributed by atoms with Crippen LogP contribution in [0.4, 0.5) is 0 Å². The molecule has 0 aliphatic rings. The van der Waals surface area contributed by atoms with Crippen LogP contribution in [0.15, 0.2) is 29.4 Å². The molecule has 0 saturated carbocycles. The van der Waals surface area contributed by atoms with Crippen LogP contribution < -0.4 is 5.32 Å². The fourth-order valence-electron chi connectivity index (χ4n) is 2.46. The number of carbonyl (C=O) groups excluding carboxylic acids is 1. The van der Waals surface area contributed by atoms with Gasteiger partial charge in [0.1, 0.15) is 5.54 Å². The molecule has 1 aromatic carbocycles. The predicted octanol–water partition coefficient (Wildman–Crippen LogP) is 3.42. The number of hydrogen-bond acceptors (Lipinski definition) is 5. The van der Waals surface area contributed by atoms with Crippen LogP contribution in [0.1, 0.15) is 33.3 Å². The molecule has 0 aliphatic carbocycles. The van der Waals surface area contributed by atoms with Crippen molar-refractivity contribution in [3.8, 4) is 17.5 Å². The number of carbonyl (C=O) groups is 1. The lowest BCUT2D eigenvalue weighted by Crippen LogP contribution is -2.49. The first-order valence-corrected chi connectivity index (χ1v) is 9.65. The van der Waals surface area contributed by atoms with Crippen molar-refractivity contribution in [3.63, 3.8) is 0 Å². The van der Waals surface area contributed by atoms with Crippen LogP contribution in [-0.2, 0) is 11.3 Å². The second-order valence-corrected chi connectivity index (χ2v) is 7.61. The molecule has 0 radical (unpaired) electrons. The van der Waals surface area contributed by atoms with E-state index in [2.05, 4.69) is 21.6 Å². The van der Waals surface area contributed by atoms with E-state index in [1.165, 1.54) is 11.8 Å². The number of rotatable bonds is 7. The van der Waals surface area contributed by atoms with Crippen molar-refractivity contribution in [2.24, 2.45) is 5.92 Å². The van der Waals surface area contributed by atoms with Crippen molar-refractivity contribution in [1.82, 2.24) is 20.1 Å². The summed E-state index contributed by atoms with van der Waals surface area (Å²) in [5.74, 6) is 0.831. The first-order valence-electron chi connectivity index (χ1n) is 8.66. The van der Waals surface area contributed by atoms with Crippen LogP contribution in [0.3, 0.4) is 0 Å². The molecule has 2 aromatic rings. The van der Waals surface area contributed by atoms with Gasteiger partial charge in [0.25, 0.3) is 0 Å². The molecule has 0 fully saturated rings. The van der Waals surface area contributed by atoms with Gasteiger partial charge in [-0.1, -0.05) is 49.9 Å². The molecule has 0 aliphatic heterocycles. The predicted molar refractivity (Wildman–Crippen MR) is 104 cm³/mol. The molecule has 0 bridgehead atoms. The van der Waals surface area contributed by atoms with E-state index in [-0.39, 0.29) is 17.6 Å². The topological polar surface area (TPSA) is 83.6 Å². The highest BCUT2D eigenvalue weighted by Gasteiger charge is 2.30. The Morgan fingerprint density at radius 2 is 2.08 bits per heavy atom. The third kappa shape index (κ3) is 4.25. The largest absolute Gasteiger partial charge is 0.337 e. The van der Waals surface area contributed by atoms with Crippen molar-refractivity contribution in [2.75, 3.05) is 5.75 Å². The molecular formula is C19H25N5OS. The summed E-state index contributed by atoms with van der Waals surface area (Å²) < 4.78 is 2.01. The minimum absolute atomic E-state index is 0.0217. The van der Waals surface area contributed by atoms with E-state index in [0.717, 1.165) is 17.0 Å². The molecule has 1 aromatic heterocycles. The van der Waals surface area contributed by atoms with Gasteiger partial charge < -0.3 is 9.88 Å². The fourth-order valence-corrected chi connectivity index (χ4v) is 3.26. The van der Waals surface area contributed by atoms with Crippen LogP contribution >= 0.6 is 11.8 Å². The Kier molecular flexibility index (Phi) is 6.43. The van der Waals surface area contributed by atoms with Gasteiger partial charge in [0.2, 0.25) is 5.91 Å². The van der Waals surface area contributed by atoms with Crippen molar-refractivity contribution in [1.29, 1.82) is 5.26 Å². The van der Waals surface area contributed by atoms with Gasteiger partial charge in [0, 0.05) is 12.1 Å². The Morgan fingerprint density at radius 1 is 1.38 bits per heavy atom. The van der Waals surface area contributed by atoms with Gasteiger partial charge in [0.15, 0.2) is 11.0 Å². The highest BCUT2D eigenvalue weighted by molar-refractivity contribution is 7.99. The lowest BCUT2D eigenvalue weighted by molar-refractivity contribution is -0.120. The third-order valence-corrected chi connectivity index (χ3v) is 5.50. The molecule has 1 atom stereocenters. The van der Waals surface area contributed by atoms with Gasteiger partial charge in [-0.3, -0.25) is 4.79 Å². The van der Waals surface area contributed by atoms with Crippen molar-refractivity contribution in [2.45, 2.75) is 51.9 Å². The van der Waals surface area contributed by atoms with Crippen molar-refractivity contribution < 1.29 is 4.79 Å². The Labute approximate surface area is 159 Å². The maximum absolute atomic E-state index is 12.3. The van der Waals surface area contributed by atoms with Crippen LogP contribution in [0.2, 0.25) is 0 Å². The molecule has 0 saturated heterocycles. The second-order valence-electron chi connectivity index (χ2n) is 6.67. The Bertz CT molecular complexity index is 824. The molecule has 138 valence electrons. The van der Waals surface area contributed by atoms with E-state index < -0.39 is 5.54 Å². The maximum Gasteiger partial charge on any atom is 0.231 e. The summed E-state index contributed by atoms with van der Waals surface area (Å²) in [7, 11) is 0. The Balaban J connectivity index is 2.13. The Hall–Kier alpha value is -2.33. The summed E-state index contributed by atoms with van der Waals surface area (Å²) in [5.41, 5.74) is 1.29. The number of thioether (sulfide) groups is 1. The van der Waals surface area contributed by atoms with E-state index in [9.17, 15) is 10.1 Å². The zero-order valence-electron chi connectivity index (χ0n) is 15.9. The second kappa shape index (κ2) is 8.37. The van der Waals surface area contributed by atoms with Crippen LogP contribution in [0.25, 0.3) is 11.4 Å². The first kappa shape index (κ1) is 20.0. The minimum Gasteiger partial charge on any atom is -0.337 e. The average molecular weight is 372 g/mol. The summed E-state index contributed by atoms with van der Waals surface area (Å²) in [5, 5.41) is 21.4. The number of hydrogen-bond donors (Lipinski definition) is 1. The number of aromatic nitrogens is 3. The summed E-state index contributed by atoms with van der Waals surface area (Å²) in [4.78, 5) is 12.3. The first-order chi connectivity index (χ1) is 12.3. The normalized spacial score (nSPS) is 13.3. The number of benzene rings is 1. The number of nitrogens with one attached hydrogen (secondary N) is 1. The minimum atomic E-state index is -0.873. The van der Waals surface area contributed by atoms with Gasteiger partial charge in [-0.15, -0.1) is 10.2 Å². The van der Waals surface area contributed by atoms with Gasteiger partial charge in [0.05, 0.1) is 11.8 Å². The monoisotopic (exact) mass is 371 g/mol. The molecule has 1 heterocycles. The molecule has 7 heteroatoms. The highest BCUT2D eigenvalue weighted by atomic mass is 32.2. The molecular weight excluding hydrogens is 346 g/mol. The van der Waals surface area contributed by atoms with Crippen LogP contribution in [-0.4, -0.2) is 32.0 Å². The number of aryl methyl sites for hydroxylation is 1. The van der Waals surface area contributed by atoms with Crippen LogP contribution in [0, 0.1) is 24.2 Å². The molecule has 0 spiro atoms. The lowest BCUT2D eigenvalue weighted by atomic mass is 9.90. The van der Waals surface area contributed by atoms with Gasteiger partial charge in [-0.05, 0) is 32.3 Å². The summed E-state index contributed by atoms with van der Waals surface area (Å²) in [6.45, 7) is 10.4. The standard InChI is InChI=1S/C19H25N5OS/c1-6-24-17(15-10-8-7-9-14(15)4)22-23-18(24)26-11-16(25)21-19(5,12-20)13(2)3/h7-10,13H,6,11H2,1-5H3,(H,21,25)/t19-/m1/s1. The zero-order valence-corrected chi connectivity index (χ0v) is 16.7. The fraction of sp³-hybridized carbons (Fsp3) is 0.474. The maximum atomic E-state index is 12.3. The van der Waals surface area contributed by atoms with Crippen molar-refractivity contribution >= 4 is 17.7 Å². The molecule has 26 heavy (non-hydrogen) atoms. The van der Waals surface area contributed by atoms with E-state index in [4.69, 9.17) is 0 Å². The number of nitriles is 1. The summed E-state index contributed by atoms with van der Waals surface area (Å²) in [6.07, 6.45) is 0. The molecule has 6 nitrogen and oxygen atoms in total. The van der Waals surface area contributed by atoms with Crippen LogP contribution in [0.5, 0.6) is 0 Å². The van der Waals surface area contributed by atoms with E-state index in [0.29, 0.717) is 11.7 Å². The number of nitrogens with zero attached hydrogens (tertiary/aromatic N) is 4. The Morgan fingerprint density at radius 3 is 2.65 bits per heavy atom. The smallest absolute Gasteiger partial charge is 0.231 e. The molecule has 1 N–H and O–H groups in total. The number of amides is 1. The van der Waals surface area contributed by atoms with Gasteiger partial charge in [-0.25, -0.2) is 0 Å². The van der Waals surface area contributed by atoms with E-state index in [1.807, 2.05) is 56.5 Å². The summed E-state index contributed by atoms with van der Waals surface area (Å²) >= 11 is 1.33. The van der Waals surface area contributed by atoms with E-state index in [1.54, 1.807) is 6.92 Å².